The molecular formula is C15H16INO. The number of aryl methyl sites for hydroxylation is 1. The molecule has 0 amide bonds. The number of aromatic nitrogens is 1. The van der Waals surface area contributed by atoms with Crippen LogP contribution in [0.3, 0.4) is 0 Å². The molecule has 2 nitrogen and oxygen atoms in total. The van der Waals surface area contributed by atoms with Crippen LogP contribution in [0.1, 0.15) is 29.8 Å². The molecule has 0 aliphatic heterocycles. The van der Waals surface area contributed by atoms with Gasteiger partial charge in [-0.1, -0.05) is 31.2 Å². The molecule has 1 N–H and O–H groups in total. The predicted molar refractivity (Wildman–Crippen MR) is 81.4 cm³/mol. The van der Waals surface area contributed by atoms with Crippen LogP contribution >= 0.6 is 22.6 Å². The molecule has 1 atom stereocenters. The molecule has 0 radical (unpaired) electrons. The van der Waals surface area contributed by atoms with Crippen molar-refractivity contribution in [3.63, 3.8) is 0 Å². The maximum absolute atomic E-state index is 10.2. The lowest BCUT2D eigenvalue weighted by atomic mass is 10.0. The van der Waals surface area contributed by atoms with Crippen LogP contribution in [0, 0.1) is 3.57 Å². The van der Waals surface area contributed by atoms with Crippen LogP contribution in [0.15, 0.2) is 42.6 Å². The zero-order chi connectivity index (χ0) is 13.0. The first kappa shape index (κ1) is 13.5. The summed E-state index contributed by atoms with van der Waals surface area (Å²) >= 11 is 2.25. The van der Waals surface area contributed by atoms with Crippen molar-refractivity contribution in [1.82, 2.24) is 4.98 Å². The number of aliphatic hydroxyl groups is 1. The summed E-state index contributed by atoms with van der Waals surface area (Å²) in [4.78, 5) is 4.38. The van der Waals surface area contributed by atoms with E-state index < -0.39 is 6.10 Å². The van der Waals surface area contributed by atoms with E-state index in [2.05, 4.69) is 40.6 Å². The van der Waals surface area contributed by atoms with Crippen LogP contribution in [-0.4, -0.2) is 10.1 Å². The number of nitrogens with zero attached hydrogens (tertiary/aromatic N) is 1. The average Bonchev–Trinajstić information content (AvgIpc) is 2.40. The van der Waals surface area contributed by atoms with E-state index >= 15 is 0 Å². The van der Waals surface area contributed by atoms with E-state index in [1.54, 1.807) is 0 Å². The third kappa shape index (κ3) is 3.29. The minimum Gasteiger partial charge on any atom is -0.388 e. The topological polar surface area (TPSA) is 33.1 Å². The Morgan fingerprint density at radius 1 is 1.22 bits per heavy atom. The quantitative estimate of drug-likeness (QED) is 0.854. The van der Waals surface area contributed by atoms with E-state index in [4.69, 9.17) is 0 Å². The maximum Gasteiger partial charge on any atom is 0.0855 e. The summed E-state index contributed by atoms with van der Waals surface area (Å²) in [6.45, 7) is 2.11. The standard InChI is InChI=1S/C15H16INO/c1-2-11-7-8-12(17-10-11)9-15(18)13-5-3-4-6-14(13)16/h3-8,10,15,18H,2,9H2,1H3. The third-order valence-electron chi connectivity index (χ3n) is 2.96. The monoisotopic (exact) mass is 353 g/mol. The van der Waals surface area contributed by atoms with Crippen molar-refractivity contribution in [1.29, 1.82) is 0 Å². The zero-order valence-corrected chi connectivity index (χ0v) is 12.5. The molecule has 2 aromatic rings. The van der Waals surface area contributed by atoms with Gasteiger partial charge in [-0.3, -0.25) is 4.98 Å². The van der Waals surface area contributed by atoms with Gasteiger partial charge in [-0.2, -0.15) is 0 Å². The number of hydrogen-bond acceptors (Lipinski definition) is 2. The Labute approximate surface area is 121 Å². The van der Waals surface area contributed by atoms with Crippen molar-refractivity contribution in [3.8, 4) is 0 Å². The lowest BCUT2D eigenvalue weighted by Crippen LogP contribution is -2.05. The highest BCUT2D eigenvalue weighted by atomic mass is 127. The van der Waals surface area contributed by atoms with Gasteiger partial charge < -0.3 is 5.11 Å². The zero-order valence-electron chi connectivity index (χ0n) is 10.3. The number of pyridine rings is 1. The van der Waals surface area contributed by atoms with Crippen LogP contribution in [0.5, 0.6) is 0 Å². The highest BCUT2D eigenvalue weighted by Gasteiger charge is 2.12. The first-order valence-corrected chi connectivity index (χ1v) is 7.15. The van der Waals surface area contributed by atoms with Gasteiger partial charge in [0, 0.05) is 21.9 Å². The Morgan fingerprint density at radius 2 is 2.00 bits per heavy atom. The molecule has 1 heterocycles. The van der Waals surface area contributed by atoms with Crippen molar-refractivity contribution < 1.29 is 5.11 Å². The van der Waals surface area contributed by atoms with Gasteiger partial charge in [0.25, 0.3) is 0 Å². The van der Waals surface area contributed by atoms with Crippen molar-refractivity contribution in [2.75, 3.05) is 0 Å². The maximum atomic E-state index is 10.2. The SMILES string of the molecule is CCc1ccc(CC(O)c2ccccc2I)nc1. The normalized spacial score (nSPS) is 12.4. The van der Waals surface area contributed by atoms with Crippen LogP contribution < -0.4 is 0 Å². The smallest absolute Gasteiger partial charge is 0.0855 e. The summed E-state index contributed by atoms with van der Waals surface area (Å²) in [6.07, 6.45) is 2.95. The van der Waals surface area contributed by atoms with Gasteiger partial charge in [-0.25, -0.2) is 0 Å². The first-order chi connectivity index (χ1) is 8.70. The predicted octanol–water partition coefficient (Wildman–Crippen LogP) is 3.52. The number of hydrogen-bond donors (Lipinski definition) is 1. The van der Waals surface area contributed by atoms with E-state index in [9.17, 15) is 5.11 Å². The van der Waals surface area contributed by atoms with E-state index in [1.165, 1.54) is 5.56 Å². The molecule has 0 saturated heterocycles. The third-order valence-corrected chi connectivity index (χ3v) is 3.94. The average molecular weight is 353 g/mol. The van der Waals surface area contributed by atoms with Gasteiger partial charge in [-0.05, 0) is 52.3 Å². The molecule has 94 valence electrons. The first-order valence-electron chi connectivity index (χ1n) is 6.07. The molecule has 0 bridgehead atoms. The summed E-state index contributed by atoms with van der Waals surface area (Å²) in [7, 11) is 0. The fraction of sp³-hybridized carbons (Fsp3) is 0.267. The molecule has 0 aliphatic rings. The molecular weight excluding hydrogens is 337 g/mol. The Morgan fingerprint density at radius 3 is 2.61 bits per heavy atom. The Hall–Kier alpha value is -0.940. The highest BCUT2D eigenvalue weighted by Crippen LogP contribution is 2.22. The number of halogens is 1. The molecule has 2 rings (SSSR count). The minimum absolute atomic E-state index is 0.488. The van der Waals surface area contributed by atoms with Gasteiger partial charge in [0.2, 0.25) is 0 Å². The second kappa shape index (κ2) is 6.29. The van der Waals surface area contributed by atoms with Gasteiger partial charge in [-0.15, -0.1) is 0 Å². The van der Waals surface area contributed by atoms with Gasteiger partial charge in [0.05, 0.1) is 6.10 Å². The van der Waals surface area contributed by atoms with Crippen LogP contribution in [-0.2, 0) is 12.8 Å². The van der Waals surface area contributed by atoms with Crippen molar-refractivity contribution in [2.45, 2.75) is 25.9 Å². The van der Waals surface area contributed by atoms with E-state index in [0.29, 0.717) is 6.42 Å². The summed E-state index contributed by atoms with van der Waals surface area (Å²) in [5.41, 5.74) is 3.13. The Kier molecular flexibility index (Phi) is 4.72. The fourth-order valence-corrected chi connectivity index (χ4v) is 2.59. The van der Waals surface area contributed by atoms with Crippen molar-refractivity contribution >= 4 is 22.6 Å². The molecule has 1 aromatic heterocycles. The number of rotatable bonds is 4. The second-order valence-electron chi connectivity index (χ2n) is 4.25. The summed E-state index contributed by atoms with van der Waals surface area (Å²) < 4.78 is 1.09. The van der Waals surface area contributed by atoms with Crippen molar-refractivity contribution in [3.05, 3.63) is 63.0 Å². The minimum atomic E-state index is -0.488. The number of aliphatic hydroxyl groups excluding tert-OH is 1. The summed E-state index contributed by atoms with van der Waals surface area (Å²) in [5.74, 6) is 0. The molecule has 1 aromatic carbocycles. The second-order valence-corrected chi connectivity index (χ2v) is 5.41. The molecule has 0 aliphatic carbocycles. The lowest BCUT2D eigenvalue weighted by molar-refractivity contribution is 0.176. The van der Waals surface area contributed by atoms with Gasteiger partial charge in [0.15, 0.2) is 0 Å². The van der Waals surface area contributed by atoms with E-state index in [0.717, 1.165) is 21.2 Å². The summed E-state index contributed by atoms with van der Waals surface area (Å²) in [6, 6.07) is 12.0. The Balaban J connectivity index is 2.11. The van der Waals surface area contributed by atoms with Crippen molar-refractivity contribution in [2.24, 2.45) is 0 Å². The highest BCUT2D eigenvalue weighted by molar-refractivity contribution is 14.1. The van der Waals surface area contributed by atoms with E-state index in [1.807, 2.05) is 36.5 Å². The fourth-order valence-electron chi connectivity index (χ4n) is 1.84. The molecule has 3 heteroatoms. The van der Waals surface area contributed by atoms with Gasteiger partial charge in [0.1, 0.15) is 0 Å². The molecule has 0 saturated carbocycles. The molecule has 1 unspecified atom stereocenters. The van der Waals surface area contributed by atoms with E-state index in [-0.39, 0.29) is 0 Å². The largest absolute Gasteiger partial charge is 0.388 e. The van der Waals surface area contributed by atoms with Gasteiger partial charge >= 0.3 is 0 Å². The van der Waals surface area contributed by atoms with Crippen LogP contribution in [0.2, 0.25) is 0 Å². The Bertz CT molecular complexity index is 510. The molecule has 0 spiro atoms. The summed E-state index contributed by atoms with van der Waals surface area (Å²) in [5, 5.41) is 10.2. The van der Waals surface area contributed by atoms with Crippen LogP contribution in [0.25, 0.3) is 0 Å². The lowest BCUT2D eigenvalue weighted by Gasteiger charge is -2.12. The number of benzene rings is 1. The molecule has 18 heavy (non-hydrogen) atoms. The molecule has 0 fully saturated rings. The van der Waals surface area contributed by atoms with Crippen LogP contribution in [0.4, 0.5) is 0 Å².